The minimum atomic E-state index is -0.567. The number of carbonyl (C=O) groups excluding carboxylic acids is 1. The molecule has 6 heteroatoms. The van der Waals surface area contributed by atoms with Crippen LogP contribution in [0.1, 0.15) is 29.5 Å². The van der Waals surface area contributed by atoms with E-state index in [2.05, 4.69) is 15.5 Å². The Morgan fingerprint density at radius 2 is 2.40 bits per heavy atom. The lowest BCUT2D eigenvalue weighted by Crippen LogP contribution is -2.11. The molecule has 1 aromatic carbocycles. The Morgan fingerprint density at radius 1 is 1.50 bits per heavy atom. The zero-order chi connectivity index (χ0) is 13.9. The third-order valence-corrected chi connectivity index (χ3v) is 3.17. The number of aryl methyl sites for hydroxylation is 1. The molecule has 1 aliphatic rings. The van der Waals surface area contributed by atoms with Crippen LogP contribution in [0.3, 0.4) is 0 Å². The van der Waals surface area contributed by atoms with Gasteiger partial charge >= 0.3 is 5.97 Å². The van der Waals surface area contributed by atoms with Crippen molar-refractivity contribution in [2.45, 2.75) is 19.8 Å². The Balaban J connectivity index is 1.87. The fraction of sp³-hybridized carbons (Fsp3) is 0.357. The average Bonchev–Trinajstić information content (AvgIpc) is 2.97. The van der Waals surface area contributed by atoms with Crippen LogP contribution in [0.2, 0.25) is 0 Å². The number of rotatable bonds is 3. The molecule has 0 atom stereocenters. The molecule has 1 aliphatic heterocycles. The summed E-state index contributed by atoms with van der Waals surface area (Å²) in [6.07, 6.45) is 2.13. The van der Waals surface area contributed by atoms with Gasteiger partial charge in [-0.1, -0.05) is 0 Å². The highest BCUT2D eigenvalue weighted by atomic mass is 16.5. The molecule has 1 aromatic heterocycles. The fourth-order valence-electron chi connectivity index (χ4n) is 2.23. The molecule has 104 valence electrons. The van der Waals surface area contributed by atoms with Crippen molar-refractivity contribution in [1.82, 2.24) is 10.1 Å². The summed E-state index contributed by atoms with van der Waals surface area (Å²) in [5.74, 6) is -0.277. The lowest BCUT2D eigenvalue weighted by Gasteiger charge is -2.17. The van der Waals surface area contributed by atoms with Crippen LogP contribution < -0.4 is 5.32 Å². The van der Waals surface area contributed by atoms with Crippen LogP contribution in [0.25, 0.3) is 11.5 Å². The second-order valence-electron chi connectivity index (χ2n) is 4.55. The van der Waals surface area contributed by atoms with Crippen LogP contribution in [-0.2, 0) is 11.2 Å². The maximum absolute atomic E-state index is 11.5. The van der Waals surface area contributed by atoms with E-state index in [1.807, 2.05) is 18.2 Å². The molecule has 1 N–H and O–H groups in total. The number of aromatic nitrogens is 2. The smallest absolute Gasteiger partial charge is 0.379 e. The number of anilines is 1. The molecule has 2 aromatic rings. The maximum atomic E-state index is 11.5. The largest absolute Gasteiger partial charge is 0.460 e. The Hall–Kier alpha value is -2.37. The molecule has 0 fully saturated rings. The van der Waals surface area contributed by atoms with Crippen LogP contribution >= 0.6 is 0 Å². The van der Waals surface area contributed by atoms with Crippen molar-refractivity contribution in [3.63, 3.8) is 0 Å². The summed E-state index contributed by atoms with van der Waals surface area (Å²) in [4.78, 5) is 15.6. The predicted molar refractivity (Wildman–Crippen MR) is 72.5 cm³/mol. The third-order valence-electron chi connectivity index (χ3n) is 3.17. The first-order valence-electron chi connectivity index (χ1n) is 6.66. The molecule has 0 aliphatic carbocycles. The average molecular weight is 273 g/mol. The van der Waals surface area contributed by atoms with Gasteiger partial charge in [0.25, 0.3) is 11.7 Å². The molecule has 6 nitrogen and oxygen atoms in total. The number of fused-ring (bicyclic) bond motifs is 1. The van der Waals surface area contributed by atoms with Gasteiger partial charge in [0, 0.05) is 17.8 Å². The summed E-state index contributed by atoms with van der Waals surface area (Å²) >= 11 is 0. The summed E-state index contributed by atoms with van der Waals surface area (Å²) in [7, 11) is 0. The summed E-state index contributed by atoms with van der Waals surface area (Å²) in [6.45, 7) is 3.02. The standard InChI is InChI=1S/C14H15N3O3/c1-2-19-14(18)12-16-13(20-17-12)10-5-6-11-9(8-10)4-3-7-15-11/h5-6,8,15H,2-4,7H2,1H3. The Bertz CT molecular complexity index is 636. The highest BCUT2D eigenvalue weighted by Gasteiger charge is 2.18. The second kappa shape index (κ2) is 5.32. The quantitative estimate of drug-likeness (QED) is 0.864. The molecule has 0 unspecified atom stereocenters. The molecule has 3 rings (SSSR count). The van der Waals surface area contributed by atoms with E-state index in [4.69, 9.17) is 9.26 Å². The zero-order valence-electron chi connectivity index (χ0n) is 11.2. The number of ether oxygens (including phenoxy) is 1. The van der Waals surface area contributed by atoms with Gasteiger partial charge in [0.1, 0.15) is 0 Å². The van der Waals surface area contributed by atoms with E-state index in [0.717, 1.165) is 30.6 Å². The monoisotopic (exact) mass is 273 g/mol. The van der Waals surface area contributed by atoms with E-state index in [1.165, 1.54) is 5.56 Å². The van der Waals surface area contributed by atoms with Crippen LogP contribution in [0, 0.1) is 0 Å². The Labute approximate surface area is 116 Å². The first kappa shape index (κ1) is 12.7. The normalized spacial score (nSPS) is 13.4. The van der Waals surface area contributed by atoms with E-state index < -0.39 is 5.97 Å². The molecule has 0 saturated carbocycles. The topological polar surface area (TPSA) is 77.2 Å². The Morgan fingerprint density at radius 3 is 3.25 bits per heavy atom. The number of nitrogens with one attached hydrogen (secondary N) is 1. The Kier molecular flexibility index (Phi) is 3.37. The maximum Gasteiger partial charge on any atom is 0.379 e. The number of esters is 1. The zero-order valence-corrected chi connectivity index (χ0v) is 11.2. The highest BCUT2D eigenvalue weighted by Crippen LogP contribution is 2.27. The third kappa shape index (κ3) is 2.36. The number of hydrogen-bond acceptors (Lipinski definition) is 6. The molecular formula is C14H15N3O3. The van der Waals surface area contributed by atoms with Crippen LogP contribution in [0.5, 0.6) is 0 Å². The molecule has 0 amide bonds. The van der Waals surface area contributed by atoms with E-state index in [-0.39, 0.29) is 12.4 Å². The van der Waals surface area contributed by atoms with Gasteiger partial charge in [0.05, 0.1) is 6.61 Å². The van der Waals surface area contributed by atoms with Crippen LogP contribution in [0.15, 0.2) is 22.7 Å². The number of carbonyl (C=O) groups is 1. The van der Waals surface area contributed by atoms with Gasteiger partial charge < -0.3 is 14.6 Å². The SMILES string of the molecule is CCOC(=O)c1noc(-c2ccc3c(c2)CCCN3)n1. The van der Waals surface area contributed by atoms with Crippen molar-refractivity contribution >= 4 is 11.7 Å². The van der Waals surface area contributed by atoms with Gasteiger partial charge in [-0.05, 0) is 48.7 Å². The summed E-state index contributed by atoms with van der Waals surface area (Å²) in [5, 5.41) is 6.99. The van der Waals surface area contributed by atoms with Gasteiger partial charge in [-0.2, -0.15) is 4.98 Å². The molecule has 0 radical (unpaired) electrons. The molecule has 2 heterocycles. The van der Waals surface area contributed by atoms with Crippen LogP contribution in [0.4, 0.5) is 5.69 Å². The van der Waals surface area contributed by atoms with E-state index >= 15 is 0 Å². The molecule has 20 heavy (non-hydrogen) atoms. The van der Waals surface area contributed by atoms with Gasteiger partial charge in [0.15, 0.2) is 0 Å². The highest BCUT2D eigenvalue weighted by molar-refractivity contribution is 5.85. The van der Waals surface area contributed by atoms with E-state index in [1.54, 1.807) is 6.92 Å². The minimum Gasteiger partial charge on any atom is -0.460 e. The second-order valence-corrected chi connectivity index (χ2v) is 4.55. The van der Waals surface area contributed by atoms with Gasteiger partial charge in [0.2, 0.25) is 0 Å². The van der Waals surface area contributed by atoms with Gasteiger partial charge in [-0.15, -0.1) is 0 Å². The van der Waals surface area contributed by atoms with Crippen molar-refractivity contribution < 1.29 is 14.1 Å². The van der Waals surface area contributed by atoms with Crippen molar-refractivity contribution in [3.8, 4) is 11.5 Å². The van der Waals surface area contributed by atoms with Crippen LogP contribution in [-0.4, -0.2) is 29.3 Å². The molecule has 0 spiro atoms. The van der Waals surface area contributed by atoms with Crippen molar-refractivity contribution in [2.24, 2.45) is 0 Å². The molecular weight excluding hydrogens is 258 g/mol. The first-order valence-corrected chi connectivity index (χ1v) is 6.66. The first-order chi connectivity index (χ1) is 9.78. The summed E-state index contributed by atoms with van der Waals surface area (Å²) in [6, 6.07) is 5.92. The lowest BCUT2D eigenvalue weighted by atomic mass is 10.0. The predicted octanol–water partition coefficient (Wildman–Crippen LogP) is 2.27. The van der Waals surface area contributed by atoms with Gasteiger partial charge in [-0.25, -0.2) is 4.79 Å². The number of nitrogens with zero attached hydrogens (tertiary/aromatic N) is 2. The number of hydrogen-bond donors (Lipinski definition) is 1. The fourth-order valence-corrected chi connectivity index (χ4v) is 2.23. The summed E-state index contributed by atoms with van der Waals surface area (Å²) < 4.78 is 9.96. The van der Waals surface area contributed by atoms with Crippen molar-refractivity contribution in [1.29, 1.82) is 0 Å². The molecule has 0 bridgehead atoms. The van der Waals surface area contributed by atoms with Crippen molar-refractivity contribution in [2.75, 3.05) is 18.5 Å². The summed E-state index contributed by atoms with van der Waals surface area (Å²) in [5.41, 5.74) is 3.19. The number of benzene rings is 1. The lowest BCUT2D eigenvalue weighted by molar-refractivity contribution is 0.0508. The molecule has 0 saturated heterocycles. The van der Waals surface area contributed by atoms with E-state index in [9.17, 15) is 4.79 Å². The van der Waals surface area contributed by atoms with Gasteiger partial charge in [-0.3, -0.25) is 0 Å². The van der Waals surface area contributed by atoms with E-state index in [0.29, 0.717) is 5.89 Å². The minimum absolute atomic E-state index is 0.0438. The van der Waals surface area contributed by atoms with Crippen molar-refractivity contribution in [3.05, 3.63) is 29.6 Å².